The number of hydrogen-bond donors (Lipinski definition) is 2. The maximum Gasteiger partial charge on any atom is 0.191 e. The third-order valence-corrected chi connectivity index (χ3v) is 3.18. The first-order valence-electron chi connectivity index (χ1n) is 7.93. The van der Waals surface area contributed by atoms with Gasteiger partial charge in [0.25, 0.3) is 0 Å². The van der Waals surface area contributed by atoms with Gasteiger partial charge in [0.15, 0.2) is 5.96 Å². The van der Waals surface area contributed by atoms with Crippen LogP contribution in [0.15, 0.2) is 23.5 Å². The second-order valence-corrected chi connectivity index (χ2v) is 5.11. The zero-order valence-electron chi connectivity index (χ0n) is 14.1. The van der Waals surface area contributed by atoms with Crippen molar-refractivity contribution in [3.8, 4) is 0 Å². The van der Waals surface area contributed by atoms with Gasteiger partial charge in [0.2, 0.25) is 0 Å². The summed E-state index contributed by atoms with van der Waals surface area (Å²) < 4.78 is 6.96. The molecule has 0 atom stereocenters. The van der Waals surface area contributed by atoms with Gasteiger partial charge in [-0.2, -0.15) is 5.10 Å². The molecule has 22 heavy (non-hydrogen) atoms. The third kappa shape index (κ3) is 8.63. The van der Waals surface area contributed by atoms with E-state index in [0.29, 0.717) is 0 Å². The van der Waals surface area contributed by atoms with E-state index in [1.807, 2.05) is 16.9 Å². The maximum absolute atomic E-state index is 5.06. The number of methoxy groups -OCH3 is 1. The summed E-state index contributed by atoms with van der Waals surface area (Å²) in [6.07, 6.45) is 4.80. The lowest BCUT2D eigenvalue weighted by Crippen LogP contribution is -2.39. The van der Waals surface area contributed by atoms with Crippen molar-refractivity contribution in [2.45, 2.75) is 19.9 Å². The van der Waals surface area contributed by atoms with Crippen LogP contribution in [-0.4, -0.2) is 74.1 Å². The number of guanidine groups is 1. The van der Waals surface area contributed by atoms with Crippen molar-refractivity contribution < 1.29 is 4.74 Å². The number of nitrogens with one attached hydrogen (secondary N) is 2. The molecule has 0 aliphatic carbocycles. The van der Waals surface area contributed by atoms with Crippen LogP contribution in [0.2, 0.25) is 0 Å². The quantitative estimate of drug-likeness (QED) is 0.352. The first kappa shape index (κ1) is 18.4. The molecule has 0 amide bonds. The van der Waals surface area contributed by atoms with E-state index in [1.54, 1.807) is 13.3 Å². The van der Waals surface area contributed by atoms with Crippen molar-refractivity contribution in [2.24, 2.45) is 4.99 Å². The summed E-state index contributed by atoms with van der Waals surface area (Å²) in [6, 6.07) is 1.93. The normalized spacial score (nSPS) is 11.9. The molecular formula is C15H30N6O. The molecule has 0 aliphatic rings. The number of likely N-dealkylation sites (N-methyl/N-ethyl adjacent to an activating group) is 1. The van der Waals surface area contributed by atoms with Crippen LogP contribution in [0, 0.1) is 0 Å². The monoisotopic (exact) mass is 310 g/mol. The Morgan fingerprint density at radius 1 is 1.36 bits per heavy atom. The average Bonchev–Trinajstić information content (AvgIpc) is 3.01. The highest BCUT2D eigenvalue weighted by molar-refractivity contribution is 5.79. The second-order valence-electron chi connectivity index (χ2n) is 5.11. The third-order valence-electron chi connectivity index (χ3n) is 3.18. The molecule has 126 valence electrons. The summed E-state index contributed by atoms with van der Waals surface area (Å²) in [6.45, 7) is 8.13. The van der Waals surface area contributed by atoms with Crippen LogP contribution in [0.3, 0.4) is 0 Å². The molecule has 0 spiro atoms. The fraction of sp³-hybridized carbons (Fsp3) is 0.733. The van der Waals surface area contributed by atoms with Crippen LogP contribution >= 0.6 is 0 Å². The van der Waals surface area contributed by atoms with Crippen molar-refractivity contribution in [3.63, 3.8) is 0 Å². The predicted molar refractivity (Wildman–Crippen MR) is 90.2 cm³/mol. The summed E-state index contributed by atoms with van der Waals surface area (Å²) in [7, 11) is 3.85. The van der Waals surface area contributed by atoms with Crippen LogP contribution in [-0.2, 0) is 11.3 Å². The molecule has 1 aromatic rings. The molecular weight excluding hydrogens is 280 g/mol. The molecule has 2 N–H and O–H groups in total. The number of rotatable bonds is 11. The van der Waals surface area contributed by atoms with E-state index in [1.165, 1.54) is 0 Å². The van der Waals surface area contributed by atoms with E-state index in [0.717, 1.165) is 58.3 Å². The van der Waals surface area contributed by atoms with Gasteiger partial charge >= 0.3 is 0 Å². The minimum atomic E-state index is 0.778. The SMILES string of the molecule is CCNC(=NCCN(C)CCCOC)NCCn1cccn1. The van der Waals surface area contributed by atoms with E-state index in [4.69, 9.17) is 4.74 Å². The van der Waals surface area contributed by atoms with Crippen LogP contribution in [0.4, 0.5) is 0 Å². The Morgan fingerprint density at radius 2 is 2.23 bits per heavy atom. The molecule has 1 rings (SSSR count). The molecule has 7 heteroatoms. The Balaban J connectivity index is 2.22. The average molecular weight is 310 g/mol. The van der Waals surface area contributed by atoms with Crippen molar-refractivity contribution in [1.82, 2.24) is 25.3 Å². The van der Waals surface area contributed by atoms with E-state index in [9.17, 15) is 0 Å². The van der Waals surface area contributed by atoms with Crippen LogP contribution in [0.5, 0.6) is 0 Å². The lowest BCUT2D eigenvalue weighted by atomic mass is 10.4. The highest BCUT2D eigenvalue weighted by Gasteiger charge is 2.00. The Bertz CT molecular complexity index is 393. The maximum atomic E-state index is 5.06. The lowest BCUT2D eigenvalue weighted by molar-refractivity contribution is 0.180. The Kier molecular flexibility index (Phi) is 10.1. The van der Waals surface area contributed by atoms with Gasteiger partial charge in [-0.25, -0.2) is 0 Å². The lowest BCUT2D eigenvalue weighted by Gasteiger charge is -2.16. The van der Waals surface area contributed by atoms with Crippen molar-refractivity contribution in [2.75, 3.05) is 53.5 Å². The summed E-state index contributed by atoms with van der Waals surface area (Å²) in [5.41, 5.74) is 0. The first-order chi connectivity index (χ1) is 10.8. The van der Waals surface area contributed by atoms with E-state index in [-0.39, 0.29) is 0 Å². The Hall–Kier alpha value is -1.60. The van der Waals surface area contributed by atoms with Gasteiger partial charge in [0, 0.05) is 52.3 Å². The molecule has 0 aromatic carbocycles. The zero-order valence-corrected chi connectivity index (χ0v) is 14.1. The van der Waals surface area contributed by atoms with Gasteiger partial charge in [-0.3, -0.25) is 9.67 Å². The van der Waals surface area contributed by atoms with Gasteiger partial charge in [-0.05, 0) is 26.5 Å². The molecule has 0 saturated heterocycles. The van der Waals surface area contributed by atoms with Crippen molar-refractivity contribution in [1.29, 1.82) is 0 Å². The Labute approximate surface area is 133 Å². The van der Waals surface area contributed by atoms with Crippen molar-refractivity contribution in [3.05, 3.63) is 18.5 Å². The minimum Gasteiger partial charge on any atom is -0.385 e. The summed E-state index contributed by atoms with van der Waals surface area (Å²) >= 11 is 0. The fourth-order valence-electron chi connectivity index (χ4n) is 1.99. The number of ether oxygens (including phenoxy) is 1. The Morgan fingerprint density at radius 3 is 2.91 bits per heavy atom. The number of aliphatic imine (C=N–C) groups is 1. The van der Waals surface area contributed by atoms with Crippen LogP contribution < -0.4 is 10.6 Å². The molecule has 0 saturated carbocycles. The first-order valence-corrected chi connectivity index (χ1v) is 7.93. The number of aromatic nitrogens is 2. The molecule has 0 radical (unpaired) electrons. The smallest absolute Gasteiger partial charge is 0.191 e. The number of hydrogen-bond acceptors (Lipinski definition) is 4. The van der Waals surface area contributed by atoms with E-state index in [2.05, 4.69) is 39.6 Å². The van der Waals surface area contributed by atoms with Gasteiger partial charge in [-0.1, -0.05) is 0 Å². The minimum absolute atomic E-state index is 0.778. The molecule has 0 fully saturated rings. The van der Waals surface area contributed by atoms with Gasteiger partial charge in [0.1, 0.15) is 0 Å². The van der Waals surface area contributed by atoms with Gasteiger partial charge in [0.05, 0.1) is 13.1 Å². The molecule has 7 nitrogen and oxygen atoms in total. The second kappa shape index (κ2) is 12.0. The molecule has 0 unspecified atom stereocenters. The van der Waals surface area contributed by atoms with Crippen LogP contribution in [0.1, 0.15) is 13.3 Å². The van der Waals surface area contributed by atoms with Crippen molar-refractivity contribution >= 4 is 5.96 Å². The molecule has 0 bridgehead atoms. The number of nitrogens with zero attached hydrogens (tertiary/aromatic N) is 4. The topological polar surface area (TPSA) is 66.7 Å². The van der Waals surface area contributed by atoms with Crippen LogP contribution in [0.25, 0.3) is 0 Å². The molecule has 1 heterocycles. The van der Waals surface area contributed by atoms with Gasteiger partial charge < -0.3 is 20.3 Å². The highest BCUT2D eigenvalue weighted by atomic mass is 16.5. The zero-order chi connectivity index (χ0) is 16.0. The predicted octanol–water partition coefficient (Wildman–Crippen LogP) is 0.407. The largest absolute Gasteiger partial charge is 0.385 e. The summed E-state index contributed by atoms with van der Waals surface area (Å²) in [5.74, 6) is 0.861. The summed E-state index contributed by atoms with van der Waals surface area (Å²) in [4.78, 5) is 6.87. The van der Waals surface area contributed by atoms with Gasteiger partial charge in [-0.15, -0.1) is 0 Å². The standard InChI is InChI=1S/C15H30N6O/c1-4-16-15(18-9-13-21-11-5-7-19-21)17-8-12-20(2)10-6-14-22-3/h5,7,11H,4,6,8-10,12-14H2,1-3H3,(H2,16,17,18). The summed E-state index contributed by atoms with van der Waals surface area (Å²) in [5, 5.41) is 10.8. The molecule has 0 aliphatic heterocycles. The highest BCUT2D eigenvalue weighted by Crippen LogP contribution is 1.88. The molecule has 1 aromatic heterocycles. The van der Waals surface area contributed by atoms with E-state index >= 15 is 0 Å². The fourth-order valence-corrected chi connectivity index (χ4v) is 1.99. The van der Waals surface area contributed by atoms with E-state index < -0.39 is 0 Å².